The van der Waals surface area contributed by atoms with Crippen molar-refractivity contribution in [1.82, 2.24) is 4.98 Å². The van der Waals surface area contributed by atoms with Gasteiger partial charge in [-0.05, 0) is 55.5 Å². The Morgan fingerprint density at radius 2 is 1.96 bits per heavy atom. The molecule has 2 atom stereocenters. The molecule has 2 aromatic rings. The van der Waals surface area contributed by atoms with Crippen molar-refractivity contribution in [3.05, 3.63) is 53.9 Å². The number of aromatic nitrogens is 1. The zero-order valence-electron chi connectivity index (χ0n) is 14.5. The molecule has 3 rings (SSSR count). The Kier molecular flexibility index (Phi) is 6.10. The normalized spacial score (nSPS) is 19.4. The molecule has 1 aliphatic rings. The molecule has 1 heterocycles. The lowest BCUT2D eigenvalue weighted by molar-refractivity contribution is 0.0265. The van der Waals surface area contributed by atoms with Gasteiger partial charge in [0.2, 0.25) is 0 Å². The second kappa shape index (κ2) is 8.30. The maximum atomic E-state index is 12.7. The number of H-pyrrole nitrogens is 1. The second-order valence-corrected chi connectivity index (χ2v) is 8.55. The molecule has 5 heteroatoms. The van der Waals surface area contributed by atoms with Crippen LogP contribution in [0.2, 0.25) is 0 Å². The Hall–Kier alpha value is -1.43. The quantitative estimate of drug-likeness (QED) is 0.707. The lowest BCUT2D eigenvalue weighted by Crippen LogP contribution is -2.37. The van der Waals surface area contributed by atoms with Gasteiger partial charge < -0.3 is 15.2 Å². The van der Waals surface area contributed by atoms with Crippen molar-refractivity contribution in [2.24, 2.45) is 0 Å². The fourth-order valence-corrected chi connectivity index (χ4v) is 4.99. The van der Waals surface area contributed by atoms with Gasteiger partial charge in [-0.15, -0.1) is 0 Å². The summed E-state index contributed by atoms with van der Waals surface area (Å²) in [6.45, 7) is 0. The summed E-state index contributed by atoms with van der Waals surface area (Å²) >= 11 is 0. The number of aliphatic hydroxyl groups is 2. The molecular weight excluding hydrogens is 334 g/mol. The third-order valence-corrected chi connectivity index (χ3v) is 6.61. The molecule has 3 N–H and O–H groups in total. The van der Waals surface area contributed by atoms with E-state index in [0.717, 1.165) is 54.7 Å². The Labute approximate surface area is 151 Å². The topological polar surface area (TPSA) is 73.3 Å². The van der Waals surface area contributed by atoms with Crippen molar-refractivity contribution in [1.29, 1.82) is 0 Å². The van der Waals surface area contributed by atoms with Gasteiger partial charge in [0.05, 0.1) is 28.3 Å². The van der Waals surface area contributed by atoms with Crippen LogP contribution in [-0.4, -0.2) is 30.8 Å². The Bertz CT molecular complexity index is 693. The van der Waals surface area contributed by atoms with Gasteiger partial charge in [0.25, 0.3) is 0 Å². The molecule has 4 nitrogen and oxygen atoms in total. The molecule has 0 radical (unpaired) electrons. The fourth-order valence-electron chi connectivity index (χ4n) is 3.53. The summed E-state index contributed by atoms with van der Waals surface area (Å²) < 4.78 is 12.7. The molecular formula is C20H27NO3S. The van der Waals surface area contributed by atoms with E-state index in [4.69, 9.17) is 0 Å². The molecule has 1 fully saturated rings. The summed E-state index contributed by atoms with van der Waals surface area (Å²) in [5, 5.41) is 20.8. The van der Waals surface area contributed by atoms with Gasteiger partial charge in [-0.25, -0.2) is 0 Å². The van der Waals surface area contributed by atoms with Crippen LogP contribution >= 0.6 is 0 Å². The summed E-state index contributed by atoms with van der Waals surface area (Å²) in [6, 6.07) is 11.5. The highest BCUT2D eigenvalue weighted by Gasteiger charge is 2.31. The first-order valence-corrected chi connectivity index (χ1v) is 10.4. The predicted octanol–water partition coefficient (Wildman–Crippen LogP) is 3.48. The SMILES string of the molecule is O=S(CC1(O)CCCCC1)c1cccc(CCC(O)c2ccc[nH]2)c1. The van der Waals surface area contributed by atoms with E-state index in [1.807, 2.05) is 36.4 Å². The van der Waals surface area contributed by atoms with E-state index in [0.29, 0.717) is 12.2 Å². The van der Waals surface area contributed by atoms with E-state index >= 15 is 0 Å². The number of nitrogens with one attached hydrogen (secondary N) is 1. The van der Waals surface area contributed by atoms with Gasteiger partial charge >= 0.3 is 0 Å². The molecule has 136 valence electrons. The summed E-state index contributed by atoms with van der Waals surface area (Å²) in [7, 11) is -1.19. The number of aromatic amines is 1. The molecule has 0 bridgehead atoms. The Morgan fingerprint density at radius 1 is 1.16 bits per heavy atom. The second-order valence-electron chi connectivity index (χ2n) is 7.10. The molecule has 25 heavy (non-hydrogen) atoms. The molecule has 2 unspecified atom stereocenters. The molecule has 0 spiro atoms. The minimum absolute atomic E-state index is 0.321. The average Bonchev–Trinajstić information content (AvgIpc) is 3.15. The molecule has 1 saturated carbocycles. The average molecular weight is 362 g/mol. The zero-order valence-corrected chi connectivity index (χ0v) is 15.3. The maximum Gasteiger partial charge on any atom is 0.0940 e. The molecule has 1 aromatic heterocycles. The number of hydrogen-bond donors (Lipinski definition) is 3. The maximum absolute atomic E-state index is 12.7. The van der Waals surface area contributed by atoms with Gasteiger partial charge in [0, 0.05) is 16.8 Å². The first-order valence-electron chi connectivity index (χ1n) is 9.07. The number of aryl methyl sites for hydroxylation is 1. The van der Waals surface area contributed by atoms with Crippen LogP contribution in [0.25, 0.3) is 0 Å². The van der Waals surface area contributed by atoms with Crippen LogP contribution in [-0.2, 0) is 17.2 Å². The van der Waals surface area contributed by atoms with Crippen LogP contribution in [0.4, 0.5) is 0 Å². The van der Waals surface area contributed by atoms with Crippen LogP contribution < -0.4 is 0 Å². The van der Waals surface area contributed by atoms with E-state index in [1.165, 1.54) is 0 Å². The number of rotatable bonds is 7. The molecule has 0 saturated heterocycles. The highest BCUT2D eigenvalue weighted by Crippen LogP contribution is 2.30. The van der Waals surface area contributed by atoms with E-state index in [-0.39, 0.29) is 0 Å². The lowest BCUT2D eigenvalue weighted by atomic mass is 9.86. The van der Waals surface area contributed by atoms with Crippen LogP contribution in [0.1, 0.15) is 55.9 Å². The Balaban J connectivity index is 1.59. The van der Waals surface area contributed by atoms with Gasteiger partial charge in [-0.2, -0.15) is 0 Å². The monoisotopic (exact) mass is 361 g/mol. The smallest absolute Gasteiger partial charge is 0.0940 e. The summed E-state index contributed by atoms with van der Waals surface area (Å²) in [4.78, 5) is 3.80. The zero-order chi connectivity index (χ0) is 17.7. The van der Waals surface area contributed by atoms with Gasteiger partial charge in [0.15, 0.2) is 0 Å². The van der Waals surface area contributed by atoms with Gasteiger partial charge in [-0.1, -0.05) is 31.4 Å². The summed E-state index contributed by atoms with van der Waals surface area (Å²) in [5.41, 5.74) is 1.11. The van der Waals surface area contributed by atoms with Gasteiger partial charge in [-0.3, -0.25) is 4.21 Å². The number of aliphatic hydroxyl groups excluding tert-OH is 1. The molecule has 0 amide bonds. The molecule has 1 aliphatic carbocycles. The highest BCUT2D eigenvalue weighted by molar-refractivity contribution is 7.85. The van der Waals surface area contributed by atoms with E-state index in [2.05, 4.69) is 4.98 Å². The largest absolute Gasteiger partial charge is 0.389 e. The van der Waals surface area contributed by atoms with Crippen molar-refractivity contribution in [3.63, 3.8) is 0 Å². The van der Waals surface area contributed by atoms with Crippen molar-refractivity contribution >= 4 is 10.8 Å². The van der Waals surface area contributed by atoms with E-state index in [1.54, 1.807) is 6.20 Å². The van der Waals surface area contributed by atoms with Crippen molar-refractivity contribution in [2.75, 3.05) is 5.75 Å². The van der Waals surface area contributed by atoms with Crippen LogP contribution in [0.3, 0.4) is 0 Å². The number of benzene rings is 1. The molecule has 1 aromatic carbocycles. The van der Waals surface area contributed by atoms with E-state index < -0.39 is 22.5 Å². The predicted molar refractivity (Wildman–Crippen MR) is 99.8 cm³/mol. The standard InChI is InChI=1S/C20H27NO3S/c22-19(18-8-5-13-21-18)10-9-16-6-4-7-17(14-16)25(24)15-20(23)11-2-1-3-12-20/h4-8,13-14,19,21-23H,1-3,9-12,15H2. The van der Waals surface area contributed by atoms with Crippen LogP contribution in [0.5, 0.6) is 0 Å². The number of hydrogen-bond acceptors (Lipinski definition) is 3. The highest BCUT2D eigenvalue weighted by atomic mass is 32.2. The third-order valence-electron chi connectivity index (χ3n) is 5.03. The summed E-state index contributed by atoms with van der Waals surface area (Å²) in [6.07, 6.45) is 7.31. The first-order chi connectivity index (χ1) is 12.1. The third kappa shape index (κ3) is 5.03. The minimum atomic E-state index is -1.19. The summed E-state index contributed by atoms with van der Waals surface area (Å²) in [5.74, 6) is 0.321. The first kappa shape index (κ1) is 18.4. The van der Waals surface area contributed by atoms with Gasteiger partial charge in [0.1, 0.15) is 0 Å². The van der Waals surface area contributed by atoms with Crippen molar-refractivity contribution in [3.8, 4) is 0 Å². The Morgan fingerprint density at radius 3 is 2.68 bits per heavy atom. The lowest BCUT2D eigenvalue weighted by Gasteiger charge is -2.31. The van der Waals surface area contributed by atoms with E-state index in [9.17, 15) is 14.4 Å². The van der Waals surface area contributed by atoms with Crippen LogP contribution in [0.15, 0.2) is 47.5 Å². The minimum Gasteiger partial charge on any atom is -0.389 e. The van der Waals surface area contributed by atoms with Crippen molar-refractivity contribution in [2.45, 2.75) is 61.5 Å². The molecule has 0 aliphatic heterocycles. The van der Waals surface area contributed by atoms with Crippen molar-refractivity contribution < 1.29 is 14.4 Å². The van der Waals surface area contributed by atoms with Crippen LogP contribution in [0, 0.1) is 0 Å². The fraction of sp³-hybridized carbons (Fsp3) is 0.500.